The lowest BCUT2D eigenvalue weighted by atomic mass is 9.68. The fourth-order valence-corrected chi connectivity index (χ4v) is 6.11. The Morgan fingerprint density at radius 2 is 1.45 bits per heavy atom. The molecule has 2 saturated carbocycles. The quantitative estimate of drug-likeness (QED) is 0.473. The predicted octanol–water partition coefficient (Wildman–Crippen LogP) is 8.56. The molecule has 2 aromatic carbocycles. The van der Waals surface area contributed by atoms with Crippen molar-refractivity contribution in [3.05, 3.63) is 47.0 Å². The lowest BCUT2D eigenvalue weighted by Crippen LogP contribution is -2.25. The summed E-state index contributed by atoms with van der Waals surface area (Å²) >= 11 is 0. The minimum absolute atomic E-state index is 0.174. The monoisotopic (exact) mass is 398 g/mol. The number of hydrogen-bond acceptors (Lipinski definition) is 0. The predicted molar refractivity (Wildman–Crippen MR) is 118 cm³/mol. The van der Waals surface area contributed by atoms with Crippen molar-refractivity contribution in [2.45, 2.75) is 90.4 Å². The molecule has 0 atom stereocenters. The minimum atomic E-state index is -0.643. The van der Waals surface area contributed by atoms with Crippen LogP contribution in [0.15, 0.2) is 24.3 Å². The molecular formula is C27H36F2. The van der Waals surface area contributed by atoms with Crippen LogP contribution in [0.2, 0.25) is 0 Å². The Bertz CT molecular complexity index is 824. The minimum Gasteiger partial charge on any atom is -0.203 e. The zero-order chi connectivity index (χ0) is 20.4. The Kier molecular flexibility index (Phi) is 6.56. The van der Waals surface area contributed by atoms with E-state index in [2.05, 4.69) is 19.9 Å². The topological polar surface area (TPSA) is 0 Å². The van der Waals surface area contributed by atoms with E-state index in [4.69, 9.17) is 0 Å². The third-order valence-electron chi connectivity index (χ3n) is 8.00. The summed E-state index contributed by atoms with van der Waals surface area (Å²) < 4.78 is 29.9. The van der Waals surface area contributed by atoms with Gasteiger partial charge in [-0.2, -0.15) is 0 Å². The highest BCUT2D eigenvalue weighted by molar-refractivity contribution is 5.85. The van der Waals surface area contributed by atoms with Crippen LogP contribution in [0.1, 0.15) is 95.1 Å². The molecule has 0 spiro atoms. The van der Waals surface area contributed by atoms with Crippen LogP contribution in [0.4, 0.5) is 8.78 Å². The van der Waals surface area contributed by atoms with Gasteiger partial charge in [-0.3, -0.25) is 0 Å². The van der Waals surface area contributed by atoms with Crippen molar-refractivity contribution in [2.75, 3.05) is 0 Å². The SMILES string of the molecule is CCCc1ccc2cc(C3CCC(C4CCC(CC)CC4)CC3)c(F)c(F)c2c1. The van der Waals surface area contributed by atoms with Crippen molar-refractivity contribution in [3.8, 4) is 0 Å². The van der Waals surface area contributed by atoms with Gasteiger partial charge in [0.15, 0.2) is 11.6 Å². The highest BCUT2D eigenvalue weighted by atomic mass is 19.2. The summed E-state index contributed by atoms with van der Waals surface area (Å²) in [6.07, 6.45) is 13.2. The first kappa shape index (κ1) is 20.8. The molecule has 0 saturated heterocycles. The number of rotatable bonds is 5. The van der Waals surface area contributed by atoms with Gasteiger partial charge in [-0.05, 0) is 97.3 Å². The van der Waals surface area contributed by atoms with Crippen molar-refractivity contribution in [1.29, 1.82) is 0 Å². The van der Waals surface area contributed by atoms with Crippen LogP contribution in [-0.4, -0.2) is 0 Å². The summed E-state index contributed by atoms with van der Waals surface area (Å²) in [4.78, 5) is 0. The molecule has 2 fully saturated rings. The number of halogens is 2. The normalized spacial score (nSPS) is 28.0. The molecule has 0 radical (unpaired) electrons. The van der Waals surface area contributed by atoms with Crippen LogP contribution in [0, 0.1) is 29.4 Å². The van der Waals surface area contributed by atoms with Crippen LogP contribution >= 0.6 is 0 Å². The summed E-state index contributed by atoms with van der Waals surface area (Å²) in [5.74, 6) is 1.54. The molecule has 158 valence electrons. The molecular weight excluding hydrogens is 362 g/mol. The van der Waals surface area contributed by atoms with Gasteiger partial charge in [-0.25, -0.2) is 8.78 Å². The largest absolute Gasteiger partial charge is 0.203 e. The van der Waals surface area contributed by atoms with Crippen LogP contribution < -0.4 is 0 Å². The van der Waals surface area contributed by atoms with Gasteiger partial charge in [-0.1, -0.05) is 51.7 Å². The van der Waals surface area contributed by atoms with Gasteiger partial charge in [0.05, 0.1) is 0 Å². The van der Waals surface area contributed by atoms with E-state index in [1.54, 1.807) is 0 Å². The smallest absolute Gasteiger partial charge is 0.166 e. The lowest BCUT2D eigenvalue weighted by Gasteiger charge is -2.38. The Hall–Kier alpha value is -1.44. The molecule has 0 aromatic heterocycles. The molecule has 0 bridgehead atoms. The van der Waals surface area contributed by atoms with E-state index in [-0.39, 0.29) is 5.92 Å². The Morgan fingerprint density at radius 3 is 2.07 bits per heavy atom. The summed E-state index contributed by atoms with van der Waals surface area (Å²) in [7, 11) is 0. The first-order valence-electron chi connectivity index (χ1n) is 12.0. The summed E-state index contributed by atoms with van der Waals surface area (Å²) in [6.45, 7) is 4.42. The molecule has 2 heteroatoms. The highest BCUT2D eigenvalue weighted by Crippen LogP contribution is 2.45. The second-order valence-corrected chi connectivity index (χ2v) is 9.70. The Balaban J connectivity index is 1.47. The van der Waals surface area contributed by atoms with E-state index >= 15 is 0 Å². The third kappa shape index (κ3) is 4.37. The molecule has 0 unspecified atom stereocenters. The number of hydrogen-bond donors (Lipinski definition) is 0. The van der Waals surface area contributed by atoms with Crippen molar-refractivity contribution < 1.29 is 8.78 Å². The highest BCUT2D eigenvalue weighted by Gasteiger charge is 2.32. The number of benzene rings is 2. The summed E-state index contributed by atoms with van der Waals surface area (Å²) in [5.41, 5.74) is 1.70. The standard InChI is InChI=1S/C27H36F2/c1-3-5-19-8-11-23-17-25(27(29)26(28)24(23)16-19)22-14-12-21(13-15-22)20-9-6-18(4-2)7-10-20/h8,11,16-18,20-22H,3-7,9-10,12-15H2,1-2H3. The third-order valence-corrected chi connectivity index (χ3v) is 8.00. The zero-order valence-corrected chi connectivity index (χ0v) is 18.2. The molecule has 0 N–H and O–H groups in total. The molecule has 2 aliphatic carbocycles. The first-order valence-corrected chi connectivity index (χ1v) is 12.0. The van der Waals surface area contributed by atoms with Crippen molar-refractivity contribution in [1.82, 2.24) is 0 Å². The van der Waals surface area contributed by atoms with Gasteiger partial charge < -0.3 is 0 Å². The molecule has 2 aromatic rings. The van der Waals surface area contributed by atoms with E-state index in [9.17, 15) is 8.78 Å². The maximum absolute atomic E-state index is 15.0. The molecule has 0 amide bonds. The van der Waals surface area contributed by atoms with Crippen LogP contribution in [-0.2, 0) is 6.42 Å². The molecule has 4 rings (SSSR count). The molecule has 0 nitrogen and oxygen atoms in total. The number of aryl methyl sites for hydroxylation is 1. The number of fused-ring (bicyclic) bond motifs is 1. The van der Waals surface area contributed by atoms with Gasteiger partial charge in [-0.15, -0.1) is 0 Å². The Morgan fingerprint density at radius 1 is 0.793 bits per heavy atom. The molecule has 0 aliphatic heterocycles. The van der Waals surface area contributed by atoms with Gasteiger partial charge in [0.25, 0.3) is 0 Å². The van der Waals surface area contributed by atoms with Crippen molar-refractivity contribution in [3.63, 3.8) is 0 Å². The average molecular weight is 399 g/mol. The van der Waals surface area contributed by atoms with Gasteiger partial charge >= 0.3 is 0 Å². The maximum atomic E-state index is 15.0. The fourth-order valence-electron chi connectivity index (χ4n) is 6.11. The van der Waals surface area contributed by atoms with E-state index < -0.39 is 11.6 Å². The summed E-state index contributed by atoms with van der Waals surface area (Å²) in [6, 6.07) is 7.81. The van der Waals surface area contributed by atoms with Gasteiger partial charge in [0, 0.05) is 5.39 Å². The second kappa shape index (κ2) is 9.14. The van der Waals surface area contributed by atoms with E-state index in [0.717, 1.165) is 54.4 Å². The Labute approximate surface area is 175 Å². The lowest BCUT2D eigenvalue weighted by molar-refractivity contribution is 0.158. The first-order chi connectivity index (χ1) is 14.1. The van der Waals surface area contributed by atoms with Gasteiger partial charge in [0.2, 0.25) is 0 Å². The molecule has 2 aliphatic rings. The van der Waals surface area contributed by atoms with Crippen LogP contribution in [0.25, 0.3) is 10.8 Å². The second-order valence-electron chi connectivity index (χ2n) is 9.70. The van der Waals surface area contributed by atoms with Crippen molar-refractivity contribution in [2.24, 2.45) is 17.8 Å². The maximum Gasteiger partial charge on any atom is 0.166 e. The average Bonchev–Trinajstić information content (AvgIpc) is 2.77. The van der Waals surface area contributed by atoms with E-state index in [1.165, 1.54) is 44.9 Å². The fraction of sp³-hybridized carbons (Fsp3) is 0.630. The van der Waals surface area contributed by atoms with Gasteiger partial charge in [0.1, 0.15) is 0 Å². The summed E-state index contributed by atoms with van der Waals surface area (Å²) in [5, 5.41) is 1.29. The van der Waals surface area contributed by atoms with Crippen LogP contribution in [0.3, 0.4) is 0 Å². The molecule has 29 heavy (non-hydrogen) atoms. The van der Waals surface area contributed by atoms with E-state index in [0.29, 0.717) is 10.9 Å². The molecule has 0 heterocycles. The van der Waals surface area contributed by atoms with Crippen molar-refractivity contribution >= 4 is 10.8 Å². The van der Waals surface area contributed by atoms with Crippen LogP contribution in [0.5, 0.6) is 0 Å². The van der Waals surface area contributed by atoms with E-state index in [1.807, 2.05) is 18.2 Å². The zero-order valence-electron chi connectivity index (χ0n) is 18.2.